The zero-order chi connectivity index (χ0) is 19.0. The molecule has 1 aromatic heterocycles. The first kappa shape index (κ1) is 18.5. The molecule has 2 aliphatic rings. The third-order valence-corrected chi connectivity index (χ3v) is 7.65. The molecule has 1 saturated heterocycles. The molecule has 1 N–H and O–H groups in total. The standard InChI is InChI=1S/C20H26N2O4S/c1-14-17-13-16(27(24,25)22-11-5-2-6-12-22)9-10-18(17)26-19(14)20(23)21-15-7-3-4-8-15/h9-10,13,15H,2-8,11-12H2,1H3,(H,21,23). The highest BCUT2D eigenvalue weighted by atomic mass is 32.2. The van der Waals surface area contributed by atoms with Gasteiger partial charge in [0.1, 0.15) is 5.58 Å². The van der Waals surface area contributed by atoms with Crippen LogP contribution in [0, 0.1) is 6.92 Å². The van der Waals surface area contributed by atoms with Gasteiger partial charge in [0.05, 0.1) is 4.90 Å². The van der Waals surface area contributed by atoms with Crippen LogP contribution in [0.3, 0.4) is 0 Å². The van der Waals surface area contributed by atoms with E-state index in [0.717, 1.165) is 44.9 Å². The average molecular weight is 391 g/mol. The summed E-state index contributed by atoms with van der Waals surface area (Å²) in [5, 5.41) is 3.72. The molecular formula is C20H26N2O4S. The van der Waals surface area contributed by atoms with Crippen LogP contribution in [0.1, 0.15) is 61.1 Å². The van der Waals surface area contributed by atoms with Gasteiger partial charge in [-0.05, 0) is 50.8 Å². The Bertz CT molecular complexity index is 952. The molecular weight excluding hydrogens is 364 g/mol. The van der Waals surface area contributed by atoms with Gasteiger partial charge in [-0.3, -0.25) is 4.79 Å². The minimum absolute atomic E-state index is 0.208. The molecule has 27 heavy (non-hydrogen) atoms. The van der Waals surface area contributed by atoms with Crippen molar-refractivity contribution in [2.24, 2.45) is 0 Å². The quantitative estimate of drug-likeness (QED) is 0.865. The SMILES string of the molecule is Cc1c(C(=O)NC2CCCC2)oc2ccc(S(=O)(=O)N3CCCCC3)cc12. The Labute approximate surface area is 160 Å². The number of hydrogen-bond acceptors (Lipinski definition) is 4. The Balaban J connectivity index is 1.64. The van der Waals surface area contributed by atoms with Crippen molar-refractivity contribution in [2.75, 3.05) is 13.1 Å². The number of rotatable bonds is 4. The highest BCUT2D eigenvalue weighted by Gasteiger charge is 2.28. The van der Waals surface area contributed by atoms with Crippen LogP contribution >= 0.6 is 0 Å². The second-order valence-corrected chi connectivity index (χ2v) is 9.57. The molecule has 2 aromatic rings. The van der Waals surface area contributed by atoms with Gasteiger partial charge in [0.25, 0.3) is 5.91 Å². The largest absolute Gasteiger partial charge is 0.451 e. The van der Waals surface area contributed by atoms with Crippen LogP contribution in [-0.4, -0.2) is 37.8 Å². The first-order chi connectivity index (χ1) is 13.0. The summed E-state index contributed by atoms with van der Waals surface area (Å²) in [4.78, 5) is 12.9. The molecule has 2 heterocycles. The maximum absolute atomic E-state index is 12.9. The third-order valence-electron chi connectivity index (χ3n) is 5.76. The molecule has 0 radical (unpaired) electrons. The Morgan fingerprint density at radius 3 is 2.52 bits per heavy atom. The lowest BCUT2D eigenvalue weighted by Crippen LogP contribution is -2.35. The second-order valence-electron chi connectivity index (χ2n) is 7.63. The summed E-state index contributed by atoms with van der Waals surface area (Å²) in [5.74, 6) is 0.0699. The van der Waals surface area contributed by atoms with Gasteiger partial charge in [-0.15, -0.1) is 0 Å². The van der Waals surface area contributed by atoms with Gasteiger partial charge in [-0.25, -0.2) is 8.42 Å². The molecule has 1 aliphatic carbocycles. The topological polar surface area (TPSA) is 79.6 Å². The minimum Gasteiger partial charge on any atom is -0.451 e. The second kappa shape index (κ2) is 7.28. The predicted molar refractivity (Wildman–Crippen MR) is 103 cm³/mol. The van der Waals surface area contributed by atoms with E-state index in [0.29, 0.717) is 29.6 Å². The van der Waals surface area contributed by atoms with E-state index in [1.807, 2.05) is 6.92 Å². The zero-order valence-electron chi connectivity index (χ0n) is 15.7. The van der Waals surface area contributed by atoms with Gasteiger partial charge >= 0.3 is 0 Å². The number of hydrogen-bond donors (Lipinski definition) is 1. The van der Waals surface area contributed by atoms with Crippen molar-refractivity contribution in [3.63, 3.8) is 0 Å². The molecule has 1 amide bonds. The molecule has 146 valence electrons. The molecule has 0 spiro atoms. The first-order valence-electron chi connectivity index (χ1n) is 9.81. The van der Waals surface area contributed by atoms with Crippen molar-refractivity contribution in [3.05, 3.63) is 29.5 Å². The van der Waals surface area contributed by atoms with Gasteiger partial charge < -0.3 is 9.73 Å². The third kappa shape index (κ3) is 3.50. The molecule has 1 saturated carbocycles. The van der Waals surface area contributed by atoms with Crippen LogP contribution < -0.4 is 5.32 Å². The normalized spacial score (nSPS) is 19.6. The molecule has 1 aromatic carbocycles. The number of amides is 1. The van der Waals surface area contributed by atoms with Crippen molar-refractivity contribution < 1.29 is 17.6 Å². The lowest BCUT2D eigenvalue weighted by Gasteiger charge is -2.25. The summed E-state index contributed by atoms with van der Waals surface area (Å²) >= 11 is 0. The van der Waals surface area contributed by atoms with Crippen LogP contribution in [0.2, 0.25) is 0 Å². The summed E-state index contributed by atoms with van der Waals surface area (Å²) in [7, 11) is -3.51. The van der Waals surface area contributed by atoms with Crippen LogP contribution in [0.15, 0.2) is 27.5 Å². The van der Waals surface area contributed by atoms with Gasteiger partial charge in [0, 0.05) is 30.1 Å². The van der Waals surface area contributed by atoms with Gasteiger partial charge in [-0.2, -0.15) is 4.31 Å². The Morgan fingerprint density at radius 2 is 1.81 bits per heavy atom. The summed E-state index contributed by atoms with van der Waals surface area (Å²) in [6, 6.07) is 5.09. The zero-order valence-corrected chi connectivity index (χ0v) is 16.5. The highest BCUT2D eigenvalue weighted by molar-refractivity contribution is 7.89. The van der Waals surface area contributed by atoms with Gasteiger partial charge in [0.2, 0.25) is 10.0 Å². The van der Waals surface area contributed by atoms with Crippen molar-refractivity contribution in [3.8, 4) is 0 Å². The summed E-state index contributed by atoms with van der Waals surface area (Å²) in [5.41, 5.74) is 1.23. The fourth-order valence-electron chi connectivity index (χ4n) is 4.15. The molecule has 0 unspecified atom stereocenters. The molecule has 0 atom stereocenters. The Kier molecular flexibility index (Phi) is 4.99. The maximum Gasteiger partial charge on any atom is 0.287 e. The average Bonchev–Trinajstić information content (AvgIpc) is 3.30. The number of aryl methyl sites for hydroxylation is 1. The Morgan fingerprint density at radius 1 is 1.11 bits per heavy atom. The van der Waals surface area contributed by atoms with Crippen LogP contribution in [0.4, 0.5) is 0 Å². The minimum atomic E-state index is -3.51. The highest BCUT2D eigenvalue weighted by Crippen LogP contribution is 2.30. The number of nitrogens with zero attached hydrogens (tertiary/aromatic N) is 1. The first-order valence-corrected chi connectivity index (χ1v) is 11.2. The summed E-state index contributed by atoms with van der Waals surface area (Å²) < 4.78 is 33.2. The van der Waals surface area contributed by atoms with E-state index < -0.39 is 10.0 Å². The monoisotopic (exact) mass is 390 g/mol. The van der Waals surface area contributed by atoms with Gasteiger partial charge in [-0.1, -0.05) is 19.3 Å². The van der Waals surface area contributed by atoms with E-state index in [1.54, 1.807) is 22.5 Å². The lowest BCUT2D eigenvalue weighted by molar-refractivity contribution is 0.0911. The number of nitrogens with one attached hydrogen (secondary N) is 1. The fraction of sp³-hybridized carbons (Fsp3) is 0.550. The number of furan rings is 1. The number of carbonyl (C=O) groups excluding carboxylic acids is 1. The Hall–Kier alpha value is -1.86. The molecule has 6 nitrogen and oxygen atoms in total. The van der Waals surface area contributed by atoms with E-state index in [2.05, 4.69) is 5.32 Å². The van der Waals surface area contributed by atoms with E-state index in [-0.39, 0.29) is 22.6 Å². The molecule has 7 heteroatoms. The number of carbonyl (C=O) groups is 1. The van der Waals surface area contributed by atoms with Crippen molar-refractivity contribution >= 4 is 26.9 Å². The molecule has 2 fully saturated rings. The smallest absolute Gasteiger partial charge is 0.287 e. The van der Waals surface area contributed by atoms with Crippen LogP contribution in [0.25, 0.3) is 11.0 Å². The van der Waals surface area contributed by atoms with E-state index >= 15 is 0 Å². The number of piperidine rings is 1. The summed E-state index contributed by atoms with van der Waals surface area (Å²) in [6.07, 6.45) is 7.16. The number of fused-ring (bicyclic) bond motifs is 1. The van der Waals surface area contributed by atoms with Crippen molar-refractivity contribution in [2.45, 2.75) is 62.8 Å². The fourth-order valence-corrected chi connectivity index (χ4v) is 5.70. The molecule has 1 aliphatic heterocycles. The number of benzene rings is 1. The molecule has 4 rings (SSSR count). The number of sulfonamides is 1. The van der Waals surface area contributed by atoms with E-state index in [1.165, 1.54) is 0 Å². The molecule has 0 bridgehead atoms. The van der Waals surface area contributed by atoms with E-state index in [9.17, 15) is 13.2 Å². The predicted octanol–water partition coefficient (Wildman–Crippen LogP) is 3.59. The van der Waals surface area contributed by atoms with Crippen molar-refractivity contribution in [1.82, 2.24) is 9.62 Å². The van der Waals surface area contributed by atoms with Crippen molar-refractivity contribution in [1.29, 1.82) is 0 Å². The van der Waals surface area contributed by atoms with E-state index in [4.69, 9.17) is 4.42 Å². The van der Waals surface area contributed by atoms with Crippen LogP contribution in [-0.2, 0) is 10.0 Å². The lowest BCUT2D eigenvalue weighted by atomic mass is 10.1. The van der Waals surface area contributed by atoms with Gasteiger partial charge in [0.15, 0.2) is 5.76 Å². The maximum atomic E-state index is 12.9. The summed E-state index contributed by atoms with van der Waals surface area (Å²) in [6.45, 7) is 2.95. The van der Waals surface area contributed by atoms with Crippen LogP contribution in [0.5, 0.6) is 0 Å².